The number of ketones is 2. The minimum absolute atomic E-state index is 0.244. The van der Waals surface area contributed by atoms with Gasteiger partial charge in [-0.1, -0.05) is 12.1 Å². The lowest BCUT2D eigenvalue weighted by atomic mass is 10.1. The van der Waals surface area contributed by atoms with E-state index in [9.17, 15) is 9.59 Å². The predicted octanol–water partition coefficient (Wildman–Crippen LogP) is 3.66. The van der Waals surface area contributed by atoms with Crippen LogP contribution in [0.5, 0.6) is 0 Å². The van der Waals surface area contributed by atoms with Crippen molar-refractivity contribution >= 4 is 23.7 Å². The summed E-state index contributed by atoms with van der Waals surface area (Å²) in [6.45, 7) is 0. The second kappa shape index (κ2) is 8.39. The minimum Gasteiger partial charge on any atom is -0.289 e. The Bertz CT molecular complexity index is 888. The minimum atomic E-state index is -0.244. The van der Waals surface area contributed by atoms with Crippen LogP contribution in [0.1, 0.15) is 32.1 Å². The Morgan fingerprint density at radius 2 is 1.23 bits per heavy atom. The highest BCUT2D eigenvalue weighted by atomic mass is 16.1. The molecule has 0 aliphatic heterocycles. The summed E-state index contributed by atoms with van der Waals surface area (Å²) in [5.74, 6) is -0.488. The third kappa shape index (κ3) is 4.64. The number of nitrogens with zero attached hydrogens (tertiary/aromatic N) is 3. The van der Waals surface area contributed by atoms with E-state index in [1.54, 1.807) is 48.8 Å². The van der Waals surface area contributed by atoms with Gasteiger partial charge in [0.25, 0.3) is 0 Å². The van der Waals surface area contributed by atoms with E-state index < -0.39 is 0 Å². The molecule has 5 heteroatoms. The quantitative estimate of drug-likeness (QED) is 0.505. The molecule has 0 saturated carbocycles. The van der Waals surface area contributed by atoms with Gasteiger partial charge in [0.2, 0.25) is 0 Å². The Morgan fingerprint density at radius 1 is 0.731 bits per heavy atom. The molecule has 3 rings (SSSR count). The summed E-state index contributed by atoms with van der Waals surface area (Å²) in [5.41, 5.74) is 2.04. The highest BCUT2D eigenvalue weighted by Gasteiger charge is 2.08. The fraction of sp³-hybridized carbons (Fsp3) is 0. The van der Waals surface area contributed by atoms with Crippen molar-refractivity contribution in [2.75, 3.05) is 0 Å². The van der Waals surface area contributed by atoms with E-state index in [1.807, 2.05) is 12.1 Å². The van der Waals surface area contributed by atoms with Crippen LogP contribution < -0.4 is 0 Å². The smallest absolute Gasteiger partial charge is 0.187 e. The molecule has 3 aromatic heterocycles. The van der Waals surface area contributed by atoms with Crippen LogP contribution in [-0.4, -0.2) is 26.5 Å². The second-order valence-electron chi connectivity index (χ2n) is 5.37. The molecule has 3 aromatic rings. The predicted molar refractivity (Wildman–Crippen MR) is 99.4 cm³/mol. The molecule has 0 amide bonds. The number of rotatable bonds is 6. The Labute approximate surface area is 150 Å². The molecule has 0 saturated heterocycles. The van der Waals surface area contributed by atoms with E-state index in [0.717, 1.165) is 0 Å². The van der Waals surface area contributed by atoms with Gasteiger partial charge in [-0.05, 0) is 54.6 Å². The molecule has 0 aliphatic rings. The molecule has 0 aromatic carbocycles. The molecule has 0 atom stereocenters. The van der Waals surface area contributed by atoms with Crippen LogP contribution in [0.4, 0.5) is 0 Å². The van der Waals surface area contributed by atoms with E-state index in [-0.39, 0.29) is 11.6 Å². The number of allylic oxidation sites excluding steroid dienone is 2. The van der Waals surface area contributed by atoms with Gasteiger partial charge < -0.3 is 0 Å². The molecule has 0 unspecified atom stereocenters. The van der Waals surface area contributed by atoms with Crippen molar-refractivity contribution < 1.29 is 9.59 Å². The fourth-order valence-corrected chi connectivity index (χ4v) is 2.17. The highest BCUT2D eigenvalue weighted by molar-refractivity contribution is 6.10. The Balaban J connectivity index is 1.73. The maximum atomic E-state index is 12.3. The fourth-order valence-electron chi connectivity index (χ4n) is 2.17. The van der Waals surface area contributed by atoms with E-state index >= 15 is 0 Å². The third-order valence-electron chi connectivity index (χ3n) is 3.49. The largest absolute Gasteiger partial charge is 0.289 e. The number of carbonyl (C=O) groups is 2. The zero-order valence-corrected chi connectivity index (χ0v) is 13.8. The van der Waals surface area contributed by atoms with Crippen LogP contribution >= 0.6 is 0 Å². The third-order valence-corrected chi connectivity index (χ3v) is 3.49. The monoisotopic (exact) mass is 341 g/mol. The number of carbonyl (C=O) groups excluding carboxylic acids is 2. The highest BCUT2D eigenvalue weighted by Crippen LogP contribution is 2.08. The molecule has 0 N–H and O–H groups in total. The molecule has 3 heterocycles. The number of hydrogen-bond acceptors (Lipinski definition) is 5. The summed E-state index contributed by atoms with van der Waals surface area (Å²) in [5, 5.41) is 0. The average Bonchev–Trinajstić information content (AvgIpc) is 2.72. The van der Waals surface area contributed by atoms with Crippen LogP contribution in [0.3, 0.4) is 0 Å². The molecule has 0 spiro atoms. The zero-order valence-electron chi connectivity index (χ0n) is 13.8. The van der Waals surface area contributed by atoms with Crippen molar-refractivity contribution in [3.8, 4) is 0 Å². The van der Waals surface area contributed by atoms with Gasteiger partial charge >= 0.3 is 0 Å². The van der Waals surface area contributed by atoms with Gasteiger partial charge in [0.05, 0.1) is 11.4 Å². The van der Waals surface area contributed by atoms with Crippen molar-refractivity contribution in [1.82, 2.24) is 15.0 Å². The summed E-state index contributed by atoms with van der Waals surface area (Å²) in [6.07, 6.45) is 12.2. The van der Waals surface area contributed by atoms with Crippen molar-refractivity contribution in [3.05, 3.63) is 102 Å². The van der Waals surface area contributed by atoms with Crippen LogP contribution in [0, 0.1) is 0 Å². The van der Waals surface area contributed by atoms with Gasteiger partial charge in [-0.15, -0.1) is 0 Å². The normalized spacial score (nSPS) is 11.1. The number of hydrogen-bond donors (Lipinski definition) is 0. The maximum absolute atomic E-state index is 12.3. The number of aromatic nitrogens is 3. The molecule has 126 valence electrons. The summed E-state index contributed by atoms with van der Waals surface area (Å²) in [6, 6.07) is 12.4. The standard InChI is InChI=1S/C21H15N3O2/c25-20(9-7-18-5-1-3-11-23-18)16-13-17(15-22-14-16)21(26)10-8-19-6-2-4-12-24-19/h1-15H. The summed E-state index contributed by atoms with van der Waals surface area (Å²) in [4.78, 5) is 36.8. The van der Waals surface area contributed by atoms with Crippen molar-refractivity contribution in [1.29, 1.82) is 0 Å². The first-order chi connectivity index (χ1) is 12.7. The summed E-state index contributed by atoms with van der Waals surface area (Å²) in [7, 11) is 0. The lowest BCUT2D eigenvalue weighted by molar-refractivity contribution is 0.104. The Kier molecular flexibility index (Phi) is 5.52. The van der Waals surface area contributed by atoms with E-state index in [1.165, 1.54) is 30.6 Å². The molecule has 0 fully saturated rings. The van der Waals surface area contributed by atoms with Gasteiger partial charge in [-0.3, -0.25) is 24.5 Å². The molecule has 26 heavy (non-hydrogen) atoms. The second-order valence-corrected chi connectivity index (χ2v) is 5.37. The topological polar surface area (TPSA) is 72.8 Å². The van der Waals surface area contributed by atoms with Gasteiger partial charge in [0.1, 0.15) is 0 Å². The number of pyridine rings is 3. The van der Waals surface area contributed by atoms with E-state index in [4.69, 9.17) is 0 Å². The van der Waals surface area contributed by atoms with Crippen LogP contribution in [0.15, 0.2) is 79.4 Å². The first kappa shape index (κ1) is 17.1. The Hall–Kier alpha value is -3.73. The van der Waals surface area contributed by atoms with Crippen LogP contribution in [0.2, 0.25) is 0 Å². The molecule has 0 radical (unpaired) electrons. The molecular formula is C21H15N3O2. The lowest BCUT2D eigenvalue weighted by Gasteiger charge is -1.99. The molecule has 0 aliphatic carbocycles. The maximum Gasteiger partial charge on any atom is 0.187 e. The van der Waals surface area contributed by atoms with Crippen LogP contribution in [-0.2, 0) is 0 Å². The first-order valence-electron chi connectivity index (χ1n) is 7.94. The molecule has 5 nitrogen and oxygen atoms in total. The summed E-state index contributed by atoms with van der Waals surface area (Å²) >= 11 is 0. The van der Waals surface area contributed by atoms with Crippen molar-refractivity contribution in [2.24, 2.45) is 0 Å². The van der Waals surface area contributed by atoms with Crippen LogP contribution in [0.25, 0.3) is 12.2 Å². The van der Waals surface area contributed by atoms with Crippen molar-refractivity contribution in [2.45, 2.75) is 0 Å². The van der Waals surface area contributed by atoms with E-state index in [0.29, 0.717) is 22.5 Å². The summed E-state index contributed by atoms with van der Waals surface area (Å²) < 4.78 is 0. The van der Waals surface area contributed by atoms with Gasteiger partial charge in [-0.2, -0.15) is 0 Å². The van der Waals surface area contributed by atoms with Gasteiger partial charge in [0, 0.05) is 35.9 Å². The SMILES string of the molecule is O=C(C=Cc1ccccn1)c1cncc(C(=O)C=Cc2ccccn2)c1. The van der Waals surface area contributed by atoms with Gasteiger partial charge in [0.15, 0.2) is 11.6 Å². The van der Waals surface area contributed by atoms with Gasteiger partial charge in [-0.25, -0.2) is 0 Å². The molecular weight excluding hydrogens is 326 g/mol. The zero-order chi connectivity index (χ0) is 18.2. The lowest BCUT2D eigenvalue weighted by Crippen LogP contribution is -2.01. The first-order valence-corrected chi connectivity index (χ1v) is 7.94. The van der Waals surface area contributed by atoms with Crippen molar-refractivity contribution in [3.63, 3.8) is 0 Å². The van der Waals surface area contributed by atoms with E-state index in [2.05, 4.69) is 15.0 Å². The molecule has 0 bridgehead atoms. The Morgan fingerprint density at radius 3 is 1.65 bits per heavy atom. The average molecular weight is 341 g/mol.